The van der Waals surface area contributed by atoms with Crippen LogP contribution in [0.15, 0.2) is 18.2 Å². The largest absolute Gasteiger partial charge is 0.372 e. The Kier molecular flexibility index (Phi) is 4.81. The second-order valence-corrected chi connectivity index (χ2v) is 4.53. The van der Waals surface area contributed by atoms with Crippen LogP contribution in [-0.4, -0.2) is 19.6 Å². The SMILES string of the molecule is CCC(C)N(C)c1ccc(CCN)cc1C. The van der Waals surface area contributed by atoms with E-state index in [4.69, 9.17) is 5.73 Å². The van der Waals surface area contributed by atoms with E-state index >= 15 is 0 Å². The molecule has 0 radical (unpaired) electrons. The van der Waals surface area contributed by atoms with Gasteiger partial charge in [0.05, 0.1) is 0 Å². The van der Waals surface area contributed by atoms with E-state index in [1.165, 1.54) is 23.2 Å². The monoisotopic (exact) mass is 220 g/mol. The number of anilines is 1. The molecule has 2 N–H and O–H groups in total. The van der Waals surface area contributed by atoms with Gasteiger partial charge in [0.25, 0.3) is 0 Å². The van der Waals surface area contributed by atoms with Crippen molar-refractivity contribution in [3.8, 4) is 0 Å². The molecule has 0 aliphatic heterocycles. The van der Waals surface area contributed by atoms with E-state index in [9.17, 15) is 0 Å². The first kappa shape index (κ1) is 13.0. The van der Waals surface area contributed by atoms with Gasteiger partial charge < -0.3 is 10.6 Å². The number of nitrogens with two attached hydrogens (primary N) is 1. The third-order valence-corrected chi connectivity index (χ3v) is 3.33. The first-order chi connectivity index (χ1) is 7.60. The van der Waals surface area contributed by atoms with E-state index in [2.05, 4.69) is 50.9 Å². The average molecular weight is 220 g/mol. The first-order valence-electron chi connectivity index (χ1n) is 6.12. The van der Waals surface area contributed by atoms with E-state index in [1.54, 1.807) is 0 Å². The van der Waals surface area contributed by atoms with Gasteiger partial charge in [0.15, 0.2) is 0 Å². The van der Waals surface area contributed by atoms with Gasteiger partial charge in [-0.2, -0.15) is 0 Å². The maximum Gasteiger partial charge on any atom is 0.0395 e. The van der Waals surface area contributed by atoms with Crippen LogP contribution in [0.2, 0.25) is 0 Å². The smallest absolute Gasteiger partial charge is 0.0395 e. The summed E-state index contributed by atoms with van der Waals surface area (Å²) in [5, 5.41) is 0. The fraction of sp³-hybridized carbons (Fsp3) is 0.571. The quantitative estimate of drug-likeness (QED) is 0.826. The average Bonchev–Trinajstić information content (AvgIpc) is 2.28. The third-order valence-electron chi connectivity index (χ3n) is 3.33. The highest BCUT2D eigenvalue weighted by Crippen LogP contribution is 2.22. The molecule has 16 heavy (non-hydrogen) atoms. The molecule has 2 heteroatoms. The molecule has 0 aliphatic rings. The van der Waals surface area contributed by atoms with Gasteiger partial charge in [-0.1, -0.05) is 19.1 Å². The maximum absolute atomic E-state index is 5.57. The van der Waals surface area contributed by atoms with Crippen molar-refractivity contribution in [1.82, 2.24) is 0 Å². The molecular weight excluding hydrogens is 196 g/mol. The Morgan fingerprint density at radius 3 is 2.56 bits per heavy atom. The van der Waals surface area contributed by atoms with Crippen LogP contribution in [0.4, 0.5) is 5.69 Å². The Hall–Kier alpha value is -1.02. The summed E-state index contributed by atoms with van der Waals surface area (Å²) in [5.74, 6) is 0. The van der Waals surface area contributed by atoms with Crippen LogP contribution in [0, 0.1) is 6.92 Å². The molecular formula is C14H24N2. The topological polar surface area (TPSA) is 29.3 Å². The lowest BCUT2D eigenvalue weighted by atomic mass is 10.1. The molecule has 0 saturated heterocycles. The van der Waals surface area contributed by atoms with E-state index in [1.807, 2.05) is 0 Å². The summed E-state index contributed by atoms with van der Waals surface area (Å²) in [6.07, 6.45) is 2.13. The predicted molar refractivity (Wildman–Crippen MR) is 72.1 cm³/mol. The molecule has 0 amide bonds. The summed E-state index contributed by atoms with van der Waals surface area (Å²) >= 11 is 0. The van der Waals surface area contributed by atoms with Gasteiger partial charge in [0.2, 0.25) is 0 Å². The number of hydrogen-bond donors (Lipinski definition) is 1. The number of benzene rings is 1. The number of hydrogen-bond acceptors (Lipinski definition) is 2. The molecule has 0 aromatic heterocycles. The van der Waals surface area contributed by atoms with Crippen molar-refractivity contribution in [2.75, 3.05) is 18.5 Å². The van der Waals surface area contributed by atoms with Crippen LogP contribution in [0.1, 0.15) is 31.4 Å². The number of rotatable bonds is 5. The van der Waals surface area contributed by atoms with E-state index in [-0.39, 0.29) is 0 Å². The van der Waals surface area contributed by atoms with Crippen LogP contribution in [0.3, 0.4) is 0 Å². The molecule has 1 aromatic carbocycles. The Labute approximate surface area is 99.5 Å². The summed E-state index contributed by atoms with van der Waals surface area (Å²) in [6, 6.07) is 7.24. The van der Waals surface area contributed by atoms with Gasteiger partial charge >= 0.3 is 0 Å². The van der Waals surface area contributed by atoms with Gasteiger partial charge in [-0.05, 0) is 50.4 Å². The van der Waals surface area contributed by atoms with Crippen LogP contribution in [-0.2, 0) is 6.42 Å². The molecule has 90 valence electrons. The zero-order valence-corrected chi connectivity index (χ0v) is 11.0. The molecule has 0 aliphatic carbocycles. The highest BCUT2D eigenvalue weighted by Gasteiger charge is 2.10. The molecule has 0 spiro atoms. The molecule has 1 unspecified atom stereocenters. The van der Waals surface area contributed by atoms with Crippen molar-refractivity contribution in [3.63, 3.8) is 0 Å². The van der Waals surface area contributed by atoms with Crippen LogP contribution in [0.25, 0.3) is 0 Å². The number of nitrogens with zero attached hydrogens (tertiary/aromatic N) is 1. The van der Waals surface area contributed by atoms with Gasteiger partial charge in [-0.15, -0.1) is 0 Å². The Bertz CT molecular complexity index is 334. The van der Waals surface area contributed by atoms with E-state index in [0.29, 0.717) is 6.04 Å². The molecule has 1 atom stereocenters. The Morgan fingerprint density at radius 1 is 1.38 bits per heavy atom. The minimum absolute atomic E-state index is 0.582. The minimum atomic E-state index is 0.582. The van der Waals surface area contributed by atoms with Crippen molar-refractivity contribution in [2.45, 2.75) is 39.7 Å². The van der Waals surface area contributed by atoms with Gasteiger partial charge in [-0.25, -0.2) is 0 Å². The molecule has 0 bridgehead atoms. The predicted octanol–water partition coefficient (Wildman–Crippen LogP) is 2.73. The van der Waals surface area contributed by atoms with Crippen LogP contribution < -0.4 is 10.6 Å². The van der Waals surface area contributed by atoms with Crippen molar-refractivity contribution < 1.29 is 0 Å². The zero-order chi connectivity index (χ0) is 12.1. The fourth-order valence-corrected chi connectivity index (χ4v) is 1.95. The zero-order valence-electron chi connectivity index (χ0n) is 11.0. The lowest BCUT2D eigenvalue weighted by Crippen LogP contribution is -2.28. The maximum atomic E-state index is 5.57. The molecule has 0 fully saturated rings. The second kappa shape index (κ2) is 5.90. The normalized spacial score (nSPS) is 12.6. The summed E-state index contributed by atoms with van der Waals surface area (Å²) in [5.41, 5.74) is 9.57. The van der Waals surface area contributed by atoms with E-state index < -0.39 is 0 Å². The van der Waals surface area contributed by atoms with Crippen LogP contribution in [0.5, 0.6) is 0 Å². The highest BCUT2D eigenvalue weighted by atomic mass is 15.1. The van der Waals surface area contributed by atoms with Gasteiger partial charge in [0.1, 0.15) is 0 Å². The van der Waals surface area contributed by atoms with E-state index in [0.717, 1.165) is 13.0 Å². The third kappa shape index (κ3) is 2.99. The van der Waals surface area contributed by atoms with Crippen molar-refractivity contribution >= 4 is 5.69 Å². The molecule has 0 heterocycles. The summed E-state index contributed by atoms with van der Waals surface area (Å²) < 4.78 is 0. The molecule has 2 nitrogen and oxygen atoms in total. The summed E-state index contributed by atoms with van der Waals surface area (Å²) in [7, 11) is 2.17. The van der Waals surface area contributed by atoms with Crippen molar-refractivity contribution in [1.29, 1.82) is 0 Å². The number of aryl methyl sites for hydroxylation is 1. The van der Waals surface area contributed by atoms with Gasteiger partial charge in [-0.3, -0.25) is 0 Å². The lowest BCUT2D eigenvalue weighted by molar-refractivity contribution is 0.662. The fourth-order valence-electron chi connectivity index (χ4n) is 1.95. The second-order valence-electron chi connectivity index (χ2n) is 4.53. The first-order valence-corrected chi connectivity index (χ1v) is 6.12. The Morgan fingerprint density at radius 2 is 2.06 bits per heavy atom. The summed E-state index contributed by atoms with van der Waals surface area (Å²) in [6.45, 7) is 7.38. The van der Waals surface area contributed by atoms with Crippen molar-refractivity contribution in [3.05, 3.63) is 29.3 Å². The molecule has 1 aromatic rings. The summed E-state index contributed by atoms with van der Waals surface area (Å²) in [4.78, 5) is 2.35. The molecule has 0 saturated carbocycles. The minimum Gasteiger partial charge on any atom is -0.372 e. The lowest BCUT2D eigenvalue weighted by Gasteiger charge is -2.28. The highest BCUT2D eigenvalue weighted by molar-refractivity contribution is 5.54. The van der Waals surface area contributed by atoms with Crippen LogP contribution >= 0.6 is 0 Å². The molecule has 1 rings (SSSR count). The standard InChI is InChI=1S/C14H24N2/c1-5-12(3)16(4)14-7-6-13(8-9-15)10-11(14)2/h6-7,10,12H,5,8-9,15H2,1-4H3. The Balaban J connectivity index is 2.89. The van der Waals surface area contributed by atoms with Gasteiger partial charge in [0, 0.05) is 18.8 Å². The van der Waals surface area contributed by atoms with Crippen molar-refractivity contribution in [2.24, 2.45) is 5.73 Å².